The minimum Gasteiger partial charge on any atom is -0.496 e. The van der Waals surface area contributed by atoms with E-state index in [9.17, 15) is 0 Å². The Labute approximate surface area is 105 Å². The zero-order chi connectivity index (χ0) is 12.8. The molecular weight excluding hydrogens is 212 g/mol. The Balaban J connectivity index is 2.94. The number of ether oxygens (including phenoxy) is 1. The molecule has 0 saturated heterocycles. The number of rotatable bonds is 6. The molecule has 0 aromatic heterocycles. The van der Waals surface area contributed by atoms with Crippen molar-refractivity contribution in [3.63, 3.8) is 0 Å². The summed E-state index contributed by atoms with van der Waals surface area (Å²) in [5.41, 5.74) is 3.93. The number of aliphatic hydroxyl groups is 1. The number of benzene rings is 1. The van der Waals surface area contributed by atoms with Crippen LogP contribution in [0, 0.1) is 6.92 Å². The largest absolute Gasteiger partial charge is 0.496 e. The Kier molecular flexibility index (Phi) is 5.49. The predicted molar refractivity (Wildman–Crippen MR) is 71.8 cm³/mol. The Morgan fingerprint density at radius 1 is 1.24 bits per heavy atom. The van der Waals surface area contributed by atoms with Crippen molar-refractivity contribution in [2.75, 3.05) is 13.7 Å². The topological polar surface area (TPSA) is 29.5 Å². The van der Waals surface area contributed by atoms with Crippen LogP contribution in [0.15, 0.2) is 12.1 Å². The second-order valence-corrected chi connectivity index (χ2v) is 4.86. The van der Waals surface area contributed by atoms with Crippen molar-refractivity contribution < 1.29 is 9.84 Å². The third-order valence-electron chi connectivity index (χ3n) is 3.16. The van der Waals surface area contributed by atoms with Crippen molar-refractivity contribution in [1.29, 1.82) is 0 Å². The summed E-state index contributed by atoms with van der Waals surface area (Å²) in [4.78, 5) is 0. The van der Waals surface area contributed by atoms with Crippen LogP contribution in [0.3, 0.4) is 0 Å². The van der Waals surface area contributed by atoms with Gasteiger partial charge in [0.1, 0.15) is 5.75 Å². The molecule has 0 aliphatic rings. The van der Waals surface area contributed by atoms with Crippen LogP contribution in [-0.4, -0.2) is 18.8 Å². The monoisotopic (exact) mass is 236 g/mol. The first-order valence-electron chi connectivity index (χ1n) is 6.38. The number of unbranched alkanes of at least 4 members (excludes halogenated alkanes) is 1. The summed E-state index contributed by atoms with van der Waals surface area (Å²) in [5.74, 6) is 1.46. The number of hydrogen-bond acceptors (Lipinski definition) is 2. The second kappa shape index (κ2) is 6.65. The molecule has 0 bridgehead atoms. The van der Waals surface area contributed by atoms with Gasteiger partial charge in [-0.2, -0.15) is 0 Å². The standard InChI is InChI=1S/C15H24O2/c1-11(2)14-10-13(7-5-6-8-16)12(3)9-15(14)17-4/h9-11,16H,5-8H2,1-4H3. The zero-order valence-corrected chi connectivity index (χ0v) is 11.4. The van der Waals surface area contributed by atoms with Crippen LogP contribution in [0.2, 0.25) is 0 Å². The molecule has 17 heavy (non-hydrogen) atoms. The van der Waals surface area contributed by atoms with E-state index in [1.54, 1.807) is 7.11 Å². The maximum Gasteiger partial charge on any atom is 0.122 e. The SMILES string of the molecule is COc1cc(C)c(CCCCO)cc1C(C)C. The fraction of sp³-hybridized carbons (Fsp3) is 0.600. The van der Waals surface area contributed by atoms with E-state index in [1.165, 1.54) is 16.7 Å². The summed E-state index contributed by atoms with van der Waals surface area (Å²) in [5, 5.41) is 8.82. The van der Waals surface area contributed by atoms with Gasteiger partial charge in [0.25, 0.3) is 0 Å². The van der Waals surface area contributed by atoms with E-state index >= 15 is 0 Å². The average molecular weight is 236 g/mol. The van der Waals surface area contributed by atoms with Gasteiger partial charge in [-0.3, -0.25) is 0 Å². The summed E-state index contributed by atoms with van der Waals surface area (Å²) >= 11 is 0. The maximum atomic E-state index is 8.82. The fourth-order valence-corrected chi connectivity index (χ4v) is 2.07. The van der Waals surface area contributed by atoms with E-state index in [0.29, 0.717) is 5.92 Å². The Morgan fingerprint density at radius 2 is 1.94 bits per heavy atom. The molecule has 96 valence electrons. The van der Waals surface area contributed by atoms with E-state index in [1.807, 2.05) is 0 Å². The first-order chi connectivity index (χ1) is 8.10. The summed E-state index contributed by atoms with van der Waals surface area (Å²) in [6.07, 6.45) is 2.96. The summed E-state index contributed by atoms with van der Waals surface area (Å²) in [6, 6.07) is 4.39. The smallest absolute Gasteiger partial charge is 0.122 e. The van der Waals surface area contributed by atoms with Crippen molar-refractivity contribution >= 4 is 0 Å². The van der Waals surface area contributed by atoms with Crippen LogP contribution in [0.1, 0.15) is 49.3 Å². The Bertz CT molecular complexity index is 356. The lowest BCUT2D eigenvalue weighted by Gasteiger charge is -2.16. The summed E-state index contributed by atoms with van der Waals surface area (Å²) in [6.45, 7) is 6.78. The van der Waals surface area contributed by atoms with Crippen LogP contribution in [-0.2, 0) is 6.42 Å². The molecule has 1 N–H and O–H groups in total. The molecule has 0 atom stereocenters. The van der Waals surface area contributed by atoms with Crippen LogP contribution in [0.5, 0.6) is 5.75 Å². The van der Waals surface area contributed by atoms with Gasteiger partial charge in [-0.15, -0.1) is 0 Å². The Morgan fingerprint density at radius 3 is 2.47 bits per heavy atom. The van der Waals surface area contributed by atoms with Gasteiger partial charge >= 0.3 is 0 Å². The highest BCUT2D eigenvalue weighted by Gasteiger charge is 2.10. The molecule has 0 aliphatic heterocycles. The molecule has 1 aromatic carbocycles. The molecule has 0 heterocycles. The fourth-order valence-electron chi connectivity index (χ4n) is 2.07. The minimum absolute atomic E-state index is 0.284. The van der Waals surface area contributed by atoms with Crippen molar-refractivity contribution in [3.05, 3.63) is 28.8 Å². The van der Waals surface area contributed by atoms with Crippen molar-refractivity contribution in [2.45, 2.75) is 46.0 Å². The third kappa shape index (κ3) is 3.74. The predicted octanol–water partition coefficient (Wildman–Crippen LogP) is 3.44. The van der Waals surface area contributed by atoms with Gasteiger partial charge in [-0.05, 0) is 54.9 Å². The molecule has 0 unspecified atom stereocenters. The van der Waals surface area contributed by atoms with Crippen molar-refractivity contribution in [3.8, 4) is 5.75 Å². The van der Waals surface area contributed by atoms with Gasteiger partial charge in [-0.25, -0.2) is 0 Å². The lowest BCUT2D eigenvalue weighted by Crippen LogP contribution is -1.99. The van der Waals surface area contributed by atoms with E-state index < -0.39 is 0 Å². The average Bonchev–Trinajstić information content (AvgIpc) is 2.30. The first-order valence-corrected chi connectivity index (χ1v) is 6.38. The number of aliphatic hydroxyl groups excluding tert-OH is 1. The Hall–Kier alpha value is -1.02. The van der Waals surface area contributed by atoms with E-state index in [2.05, 4.69) is 32.9 Å². The molecule has 0 amide bonds. The van der Waals surface area contributed by atoms with E-state index in [0.717, 1.165) is 25.0 Å². The third-order valence-corrected chi connectivity index (χ3v) is 3.16. The van der Waals surface area contributed by atoms with Gasteiger partial charge in [0.15, 0.2) is 0 Å². The highest BCUT2D eigenvalue weighted by molar-refractivity contribution is 5.43. The van der Waals surface area contributed by atoms with Gasteiger partial charge in [0.2, 0.25) is 0 Å². The molecule has 2 heteroatoms. The zero-order valence-electron chi connectivity index (χ0n) is 11.4. The lowest BCUT2D eigenvalue weighted by atomic mass is 9.94. The molecule has 0 spiro atoms. The van der Waals surface area contributed by atoms with E-state index in [4.69, 9.17) is 9.84 Å². The molecule has 1 rings (SSSR count). The molecule has 1 aromatic rings. The molecule has 2 nitrogen and oxygen atoms in total. The van der Waals surface area contributed by atoms with Crippen LogP contribution < -0.4 is 4.74 Å². The summed E-state index contributed by atoms with van der Waals surface area (Å²) < 4.78 is 5.43. The van der Waals surface area contributed by atoms with Gasteiger partial charge in [0.05, 0.1) is 7.11 Å². The second-order valence-electron chi connectivity index (χ2n) is 4.86. The highest BCUT2D eigenvalue weighted by Crippen LogP contribution is 2.30. The molecule has 0 fully saturated rings. The van der Waals surface area contributed by atoms with Crippen molar-refractivity contribution in [1.82, 2.24) is 0 Å². The first kappa shape index (κ1) is 14.0. The lowest BCUT2D eigenvalue weighted by molar-refractivity contribution is 0.284. The van der Waals surface area contributed by atoms with Crippen LogP contribution in [0.25, 0.3) is 0 Å². The quantitative estimate of drug-likeness (QED) is 0.767. The van der Waals surface area contributed by atoms with Gasteiger partial charge in [-0.1, -0.05) is 19.9 Å². The van der Waals surface area contributed by atoms with Gasteiger partial charge < -0.3 is 9.84 Å². The molecule has 0 radical (unpaired) electrons. The molecule has 0 aliphatic carbocycles. The number of hydrogen-bond donors (Lipinski definition) is 1. The minimum atomic E-state index is 0.284. The van der Waals surface area contributed by atoms with Crippen molar-refractivity contribution in [2.24, 2.45) is 0 Å². The molecular formula is C15H24O2. The summed E-state index contributed by atoms with van der Waals surface area (Å²) in [7, 11) is 1.73. The highest BCUT2D eigenvalue weighted by atomic mass is 16.5. The normalized spacial score (nSPS) is 10.9. The van der Waals surface area contributed by atoms with E-state index in [-0.39, 0.29) is 6.61 Å². The number of methoxy groups -OCH3 is 1. The van der Waals surface area contributed by atoms with Crippen LogP contribution in [0.4, 0.5) is 0 Å². The molecule has 0 saturated carbocycles. The van der Waals surface area contributed by atoms with Crippen LogP contribution >= 0.6 is 0 Å². The number of aryl methyl sites for hydroxylation is 2. The van der Waals surface area contributed by atoms with Gasteiger partial charge in [0, 0.05) is 6.61 Å². The maximum absolute atomic E-state index is 8.82.